The molecule has 1 aliphatic heterocycles. The third-order valence-corrected chi connectivity index (χ3v) is 15.1. The van der Waals surface area contributed by atoms with E-state index in [2.05, 4.69) is 265 Å². The highest BCUT2D eigenvalue weighted by Crippen LogP contribution is 2.47. The topological polar surface area (TPSA) is 24.3 Å². The number of rotatable bonds is 7. The van der Waals surface area contributed by atoms with E-state index in [1.165, 1.54) is 89.1 Å². The van der Waals surface area contributed by atoms with Gasteiger partial charge in [-0.1, -0.05) is 184 Å². The summed E-state index contributed by atoms with van der Waals surface area (Å²) in [5, 5.41) is 2.49. The molecular formula is C64H74N4. The van der Waals surface area contributed by atoms with Crippen LogP contribution in [0, 0.1) is 0 Å². The molecule has 0 amide bonds. The van der Waals surface area contributed by atoms with Gasteiger partial charge in [0.15, 0.2) is 0 Å². The third-order valence-electron chi connectivity index (χ3n) is 15.1. The summed E-state index contributed by atoms with van der Waals surface area (Å²) in [6.45, 7) is 37.8. The third kappa shape index (κ3) is 8.43. The molecule has 0 radical (unpaired) electrons. The van der Waals surface area contributed by atoms with Crippen LogP contribution in [0.2, 0.25) is 0 Å². The molecule has 0 aliphatic carbocycles. The normalized spacial score (nSPS) is 14.1. The lowest BCUT2D eigenvalue weighted by Gasteiger charge is -2.30. The summed E-state index contributed by atoms with van der Waals surface area (Å²) in [4.78, 5) is 10.1. The molecule has 6 aromatic carbocycles. The molecule has 350 valence electrons. The Morgan fingerprint density at radius 1 is 0.353 bits per heavy atom. The highest BCUT2D eigenvalue weighted by molar-refractivity contribution is 6.09. The molecule has 8 aromatic rings. The maximum absolute atomic E-state index is 5.15. The predicted octanol–water partition coefficient (Wildman–Crippen LogP) is 17.3. The Labute approximate surface area is 408 Å². The second-order valence-corrected chi connectivity index (χ2v) is 24.8. The lowest BCUT2D eigenvalue weighted by Crippen LogP contribution is -2.26. The monoisotopic (exact) mass is 899 g/mol. The molecule has 3 heterocycles. The average molecular weight is 899 g/mol. The van der Waals surface area contributed by atoms with Crippen molar-refractivity contribution >= 4 is 44.6 Å². The fourth-order valence-corrected chi connectivity index (χ4v) is 10.1. The summed E-state index contributed by atoms with van der Waals surface area (Å²) in [6, 6.07) is 53.3. The number of para-hydroxylation sites is 2. The first-order valence-corrected chi connectivity index (χ1v) is 24.8. The SMILES string of the molecule is CC(C)(C)c1ccc(C(C)(C)c2ccnc(-n3c4ccc(C(C)(C)C)cc4c4ccc(C(C)(C)c5cccc(N6CN(c7cc(C(C)(C)C)cc(C(C)(C)C)c7)c7ccccc76)c5)cc43)c2)cc1. The molecule has 0 spiro atoms. The highest BCUT2D eigenvalue weighted by atomic mass is 15.4. The lowest BCUT2D eigenvalue weighted by molar-refractivity contribution is 0.568. The van der Waals surface area contributed by atoms with Gasteiger partial charge in [-0.05, 0) is 133 Å². The Morgan fingerprint density at radius 3 is 1.46 bits per heavy atom. The first-order valence-electron chi connectivity index (χ1n) is 24.8. The molecule has 0 saturated heterocycles. The molecule has 4 nitrogen and oxygen atoms in total. The number of fused-ring (bicyclic) bond motifs is 4. The Bertz CT molecular complexity index is 3150. The van der Waals surface area contributed by atoms with Gasteiger partial charge in [0.2, 0.25) is 0 Å². The molecule has 0 saturated carbocycles. The second kappa shape index (κ2) is 16.3. The molecule has 4 heteroatoms. The van der Waals surface area contributed by atoms with Crippen LogP contribution in [-0.2, 0) is 32.5 Å². The minimum absolute atomic E-state index is 0.0129. The quantitative estimate of drug-likeness (QED) is 0.159. The van der Waals surface area contributed by atoms with Crippen molar-refractivity contribution in [1.29, 1.82) is 0 Å². The van der Waals surface area contributed by atoms with Crippen molar-refractivity contribution in [2.75, 3.05) is 16.5 Å². The van der Waals surface area contributed by atoms with Crippen molar-refractivity contribution < 1.29 is 0 Å². The molecule has 0 fully saturated rings. The molecule has 0 unspecified atom stereocenters. The van der Waals surface area contributed by atoms with Gasteiger partial charge >= 0.3 is 0 Å². The standard InChI is InChI=1S/C64H74N4/c1-59(2,3)42-24-26-43(27-25-42)63(13,14)47-32-33-65-58(40-47)68-54-31-29-44(60(4,5)6)38-53(54)52-30-28-46(39-57(52)68)64(15,16)45-20-19-21-50(35-45)66-41-67(56-23-18-17-22-55(56)66)51-36-48(61(7,8)9)34-49(37-51)62(10,11)12/h17-40H,41H2,1-16H3. The Kier molecular flexibility index (Phi) is 11.2. The van der Waals surface area contributed by atoms with Crippen LogP contribution in [0.3, 0.4) is 0 Å². The maximum Gasteiger partial charge on any atom is 0.137 e. The van der Waals surface area contributed by atoms with E-state index < -0.39 is 0 Å². The smallest absolute Gasteiger partial charge is 0.137 e. The van der Waals surface area contributed by atoms with Crippen molar-refractivity contribution in [2.45, 2.75) is 143 Å². The van der Waals surface area contributed by atoms with Crippen molar-refractivity contribution in [3.05, 3.63) is 190 Å². The fourth-order valence-electron chi connectivity index (χ4n) is 10.1. The molecule has 2 aromatic heterocycles. The molecule has 0 atom stereocenters. The number of aromatic nitrogens is 2. The van der Waals surface area contributed by atoms with Crippen LogP contribution in [0.4, 0.5) is 22.7 Å². The minimum Gasteiger partial charge on any atom is -0.321 e. The molecule has 9 rings (SSSR count). The van der Waals surface area contributed by atoms with Crippen LogP contribution in [0.5, 0.6) is 0 Å². The van der Waals surface area contributed by atoms with E-state index >= 15 is 0 Å². The van der Waals surface area contributed by atoms with Gasteiger partial charge in [-0.25, -0.2) is 4.98 Å². The van der Waals surface area contributed by atoms with Crippen molar-refractivity contribution in [2.24, 2.45) is 0 Å². The van der Waals surface area contributed by atoms with E-state index in [1.807, 2.05) is 6.20 Å². The zero-order valence-corrected chi connectivity index (χ0v) is 43.9. The summed E-state index contributed by atoms with van der Waals surface area (Å²) in [5.74, 6) is 0.933. The number of hydrogen-bond donors (Lipinski definition) is 0. The summed E-state index contributed by atoms with van der Waals surface area (Å²) >= 11 is 0. The number of hydrogen-bond acceptors (Lipinski definition) is 3. The highest BCUT2D eigenvalue weighted by Gasteiger charge is 2.33. The van der Waals surface area contributed by atoms with Crippen LogP contribution in [0.15, 0.2) is 146 Å². The summed E-state index contributed by atoms with van der Waals surface area (Å²) in [6.07, 6.45) is 2.00. The van der Waals surface area contributed by atoms with Crippen molar-refractivity contribution in [3.63, 3.8) is 0 Å². The van der Waals surface area contributed by atoms with Crippen molar-refractivity contribution in [3.8, 4) is 5.82 Å². The fraction of sp³-hybridized carbons (Fsp3) is 0.359. The van der Waals surface area contributed by atoms with Gasteiger partial charge in [0.25, 0.3) is 0 Å². The van der Waals surface area contributed by atoms with E-state index in [0.717, 1.165) is 12.5 Å². The predicted molar refractivity (Wildman–Crippen MR) is 293 cm³/mol. The van der Waals surface area contributed by atoms with Gasteiger partial charge < -0.3 is 9.80 Å². The van der Waals surface area contributed by atoms with Crippen LogP contribution in [-0.4, -0.2) is 16.2 Å². The van der Waals surface area contributed by atoms with E-state index in [-0.39, 0.29) is 32.5 Å². The van der Waals surface area contributed by atoms with Crippen molar-refractivity contribution in [1.82, 2.24) is 9.55 Å². The zero-order chi connectivity index (χ0) is 48.9. The van der Waals surface area contributed by atoms with Gasteiger partial charge in [-0.15, -0.1) is 0 Å². The van der Waals surface area contributed by atoms with Gasteiger partial charge in [-0.2, -0.15) is 0 Å². The summed E-state index contributed by atoms with van der Waals surface area (Å²) in [7, 11) is 0. The number of pyridine rings is 1. The average Bonchev–Trinajstić information content (AvgIpc) is 3.84. The Balaban J connectivity index is 1.13. The van der Waals surface area contributed by atoms with Gasteiger partial charge in [0, 0.05) is 39.2 Å². The lowest BCUT2D eigenvalue weighted by atomic mass is 9.77. The van der Waals surface area contributed by atoms with Gasteiger partial charge in [0.05, 0.1) is 22.4 Å². The first kappa shape index (κ1) is 47.0. The molecule has 1 aliphatic rings. The molecule has 68 heavy (non-hydrogen) atoms. The molecule has 0 bridgehead atoms. The summed E-state index contributed by atoms with van der Waals surface area (Å²) < 4.78 is 2.41. The largest absolute Gasteiger partial charge is 0.321 e. The maximum atomic E-state index is 5.15. The van der Waals surface area contributed by atoms with Crippen LogP contribution in [0.25, 0.3) is 27.6 Å². The van der Waals surface area contributed by atoms with Crippen LogP contribution >= 0.6 is 0 Å². The summed E-state index contributed by atoms with van der Waals surface area (Å²) in [5.41, 5.74) is 17.3. The number of nitrogens with zero attached hydrogens (tertiary/aromatic N) is 4. The molecule has 0 N–H and O–H groups in total. The van der Waals surface area contributed by atoms with E-state index in [0.29, 0.717) is 0 Å². The second-order valence-electron chi connectivity index (χ2n) is 24.8. The molecular weight excluding hydrogens is 825 g/mol. The Morgan fingerprint density at radius 2 is 0.853 bits per heavy atom. The first-order chi connectivity index (χ1) is 31.7. The van der Waals surface area contributed by atoms with Crippen LogP contribution in [0.1, 0.15) is 155 Å². The Hall–Kier alpha value is -6.13. The van der Waals surface area contributed by atoms with Gasteiger partial charge in [-0.3, -0.25) is 4.57 Å². The number of benzene rings is 6. The number of anilines is 4. The van der Waals surface area contributed by atoms with Crippen LogP contribution < -0.4 is 9.80 Å². The van der Waals surface area contributed by atoms with Gasteiger partial charge in [0.1, 0.15) is 12.5 Å². The van der Waals surface area contributed by atoms with E-state index in [1.54, 1.807) is 0 Å². The minimum atomic E-state index is -0.319. The van der Waals surface area contributed by atoms with E-state index in [4.69, 9.17) is 4.98 Å². The zero-order valence-electron chi connectivity index (χ0n) is 43.9. The van der Waals surface area contributed by atoms with E-state index in [9.17, 15) is 0 Å².